The summed E-state index contributed by atoms with van der Waals surface area (Å²) < 4.78 is 12.0. The first-order chi connectivity index (χ1) is 11.1. The second-order valence-electron chi connectivity index (χ2n) is 5.42. The summed E-state index contributed by atoms with van der Waals surface area (Å²) in [5.74, 6) is 1.08. The van der Waals surface area contributed by atoms with E-state index in [1.54, 1.807) is 6.07 Å². The Hall–Kier alpha value is -2.76. The van der Waals surface area contributed by atoms with E-state index in [2.05, 4.69) is 5.32 Å². The highest BCUT2D eigenvalue weighted by Gasteiger charge is 2.22. The molecule has 0 bridgehead atoms. The third-order valence-corrected chi connectivity index (χ3v) is 3.61. The second kappa shape index (κ2) is 6.16. The predicted molar refractivity (Wildman–Crippen MR) is 84.8 cm³/mol. The van der Waals surface area contributed by atoms with E-state index in [-0.39, 0.29) is 12.0 Å². The maximum atomic E-state index is 12.3. The van der Waals surface area contributed by atoms with Gasteiger partial charge in [-0.15, -0.1) is 0 Å². The van der Waals surface area contributed by atoms with Crippen molar-refractivity contribution in [2.75, 3.05) is 11.9 Å². The van der Waals surface area contributed by atoms with E-state index in [0.717, 1.165) is 17.7 Å². The number of carbonyl (C=O) groups is 1. The van der Waals surface area contributed by atoms with E-state index in [9.17, 15) is 10.0 Å². The molecule has 0 fully saturated rings. The van der Waals surface area contributed by atoms with E-state index < -0.39 is 0 Å². The highest BCUT2D eigenvalue weighted by Crippen LogP contribution is 2.38. The number of ether oxygens (including phenoxy) is 2. The number of fused-ring (bicyclic) bond motifs is 1. The third kappa shape index (κ3) is 3.21. The molecule has 1 unspecified atom stereocenters. The Labute approximate surface area is 134 Å². The monoisotopic (exact) mass is 314 g/mol. The van der Waals surface area contributed by atoms with Crippen LogP contribution in [0.15, 0.2) is 36.7 Å². The van der Waals surface area contributed by atoms with Crippen molar-refractivity contribution in [3.05, 3.63) is 53.0 Å². The highest BCUT2D eigenvalue weighted by atomic mass is 16.5. The average Bonchev–Trinajstić information content (AvgIpc) is 2.87. The molecule has 2 heterocycles. The van der Waals surface area contributed by atoms with Crippen LogP contribution in [0.5, 0.6) is 11.5 Å². The Morgan fingerprint density at radius 2 is 2.17 bits per heavy atom. The molecule has 0 saturated heterocycles. The van der Waals surface area contributed by atoms with Crippen LogP contribution in [0, 0.1) is 5.21 Å². The summed E-state index contributed by atoms with van der Waals surface area (Å²) in [6.07, 6.45) is 3.51. The van der Waals surface area contributed by atoms with Crippen molar-refractivity contribution in [3.8, 4) is 11.5 Å². The SMILES string of the molecule is CCOc1cc2c(cc1NC(=O)c1cc[n+]([O-])cc1)OC(C)C2. The lowest BCUT2D eigenvalue weighted by molar-refractivity contribution is -0.605. The van der Waals surface area contributed by atoms with Gasteiger partial charge >= 0.3 is 0 Å². The first-order valence-corrected chi connectivity index (χ1v) is 7.53. The lowest BCUT2D eigenvalue weighted by Crippen LogP contribution is -2.25. The number of aromatic nitrogens is 1. The molecule has 1 N–H and O–H groups in total. The summed E-state index contributed by atoms with van der Waals surface area (Å²) in [6.45, 7) is 4.39. The van der Waals surface area contributed by atoms with Crippen molar-refractivity contribution in [1.82, 2.24) is 0 Å². The Kier molecular flexibility index (Phi) is 4.06. The number of pyridine rings is 1. The summed E-state index contributed by atoms with van der Waals surface area (Å²) in [7, 11) is 0. The number of benzene rings is 1. The van der Waals surface area contributed by atoms with Crippen molar-refractivity contribution in [1.29, 1.82) is 0 Å². The summed E-state index contributed by atoms with van der Waals surface area (Å²) in [5.41, 5.74) is 2.03. The zero-order valence-corrected chi connectivity index (χ0v) is 13.0. The van der Waals surface area contributed by atoms with E-state index in [1.807, 2.05) is 19.9 Å². The minimum absolute atomic E-state index is 0.118. The van der Waals surface area contributed by atoms with E-state index in [4.69, 9.17) is 9.47 Å². The minimum atomic E-state index is -0.308. The normalized spacial score (nSPS) is 15.7. The number of anilines is 1. The Morgan fingerprint density at radius 3 is 2.87 bits per heavy atom. The van der Waals surface area contributed by atoms with Gasteiger partial charge < -0.3 is 20.0 Å². The average molecular weight is 314 g/mol. The molecule has 0 saturated carbocycles. The first-order valence-electron chi connectivity index (χ1n) is 7.53. The minimum Gasteiger partial charge on any atom is -0.619 e. The molecule has 3 rings (SSSR count). The molecule has 6 heteroatoms. The molecule has 1 aliphatic heterocycles. The van der Waals surface area contributed by atoms with Crippen molar-refractivity contribution < 1.29 is 19.0 Å². The van der Waals surface area contributed by atoms with Crippen LogP contribution in [0.4, 0.5) is 5.69 Å². The molecule has 120 valence electrons. The molecule has 0 radical (unpaired) electrons. The van der Waals surface area contributed by atoms with Crippen LogP contribution in [0.2, 0.25) is 0 Å². The molecular formula is C17H18N2O4. The number of rotatable bonds is 4. The van der Waals surface area contributed by atoms with Gasteiger partial charge in [0.2, 0.25) is 0 Å². The molecular weight excluding hydrogens is 296 g/mol. The lowest BCUT2D eigenvalue weighted by Gasteiger charge is -2.13. The van der Waals surface area contributed by atoms with E-state index >= 15 is 0 Å². The van der Waals surface area contributed by atoms with Gasteiger partial charge in [-0.05, 0) is 19.9 Å². The molecule has 1 amide bonds. The molecule has 1 aromatic carbocycles. The third-order valence-electron chi connectivity index (χ3n) is 3.61. The predicted octanol–water partition coefficient (Wildman–Crippen LogP) is 2.29. The van der Waals surface area contributed by atoms with Gasteiger partial charge in [0.15, 0.2) is 12.4 Å². The Balaban J connectivity index is 1.88. The van der Waals surface area contributed by atoms with Crippen molar-refractivity contribution in [3.63, 3.8) is 0 Å². The van der Waals surface area contributed by atoms with Crippen LogP contribution in [0.25, 0.3) is 0 Å². The van der Waals surface area contributed by atoms with Crippen molar-refractivity contribution in [2.24, 2.45) is 0 Å². The van der Waals surface area contributed by atoms with Crippen LogP contribution in [0.3, 0.4) is 0 Å². The highest BCUT2D eigenvalue weighted by molar-refractivity contribution is 6.05. The lowest BCUT2D eigenvalue weighted by atomic mass is 10.1. The molecule has 0 aliphatic carbocycles. The quantitative estimate of drug-likeness (QED) is 0.694. The summed E-state index contributed by atoms with van der Waals surface area (Å²) in [5, 5.41) is 13.9. The van der Waals surface area contributed by atoms with Gasteiger partial charge in [0.05, 0.1) is 17.9 Å². The summed E-state index contributed by atoms with van der Waals surface area (Å²) in [4.78, 5) is 12.3. The molecule has 1 aromatic heterocycles. The zero-order valence-electron chi connectivity index (χ0n) is 13.0. The molecule has 0 spiro atoms. The molecule has 23 heavy (non-hydrogen) atoms. The maximum Gasteiger partial charge on any atom is 0.256 e. The van der Waals surface area contributed by atoms with Crippen LogP contribution in [-0.4, -0.2) is 18.6 Å². The largest absolute Gasteiger partial charge is 0.619 e. The number of hydrogen-bond donors (Lipinski definition) is 1. The van der Waals surface area contributed by atoms with Crippen LogP contribution in [0.1, 0.15) is 29.8 Å². The first kappa shape index (κ1) is 15.1. The fourth-order valence-corrected chi connectivity index (χ4v) is 2.57. The Morgan fingerprint density at radius 1 is 1.43 bits per heavy atom. The van der Waals surface area contributed by atoms with Crippen molar-refractivity contribution in [2.45, 2.75) is 26.4 Å². The van der Waals surface area contributed by atoms with Gasteiger partial charge in [-0.3, -0.25) is 4.79 Å². The smallest absolute Gasteiger partial charge is 0.256 e. The fraction of sp³-hybridized carbons (Fsp3) is 0.294. The zero-order chi connectivity index (χ0) is 16.4. The van der Waals surface area contributed by atoms with Crippen molar-refractivity contribution >= 4 is 11.6 Å². The number of nitrogens with zero attached hydrogens (tertiary/aromatic N) is 1. The molecule has 6 nitrogen and oxygen atoms in total. The number of nitrogens with one attached hydrogen (secondary N) is 1. The van der Waals surface area contributed by atoms with Gasteiger partial charge in [-0.2, -0.15) is 4.73 Å². The second-order valence-corrected chi connectivity index (χ2v) is 5.42. The van der Waals surface area contributed by atoms with Gasteiger partial charge in [0, 0.05) is 30.2 Å². The van der Waals surface area contributed by atoms with Gasteiger partial charge in [-0.25, -0.2) is 0 Å². The number of carbonyl (C=O) groups excluding carboxylic acids is 1. The molecule has 1 atom stereocenters. The van der Waals surface area contributed by atoms with Gasteiger partial charge in [0.25, 0.3) is 5.91 Å². The van der Waals surface area contributed by atoms with Crippen LogP contribution < -0.4 is 19.5 Å². The molecule has 1 aliphatic rings. The standard InChI is InChI=1S/C17H18N2O4/c1-3-22-16-9-13-8-11(2)23-15(13)10-14(16)18-17(20)12-4-6-19(21)7-5-12/h4-7,9-11H,3,8H2,1-2H3,(H,18,20). The topological polar surface area (TPSA) is 74.5 Å². The van der Waals surface area contributed by atoms with Gasteiger partial charge in [-0.1, -0.05) is 0 Å². The summed E-state index contributed by atoms with van der Waals surface area (Å²) in [6, 6.07) is 6.64. The molecule has 2 aromatic rings. The van der Waals surface area contributed by atoms with E-state index in [1.165, 1.54) is 24.5 Å². The maximum absolute atomic E-state index is 12.3. The number of hydrogen-bond acceptors (Lipinski definition) is 4. The van der Waals surface area contributed by atoms with Crippen LogP contribution >= 0.6 is 0 Å². The fourth-order valence-electron chi connectivity index (χ4n) is 2.57. The van der Waals surface area contributed by atoms with E-state index in [0.29, 0.717) is 28.3 Å². The summed E-state index contributed by atoms with van der Waals surface area (Å²) >= 11 is 0. The van der Waals surface area contributed by atoms with Crippen LogP contribution in [-0.2, 0) is 6.42 Å². The number of amides is 1. The Bertz CT molecular complexity index is 728. The van der Waals surface area contributed by atoms with Gasteiger partial charge in [0.1, 0.15) is 17.6 Å².